The Bertz CT molecular complexity index is 1490. The van der Waals surface area contributed by atoms with Gasteiger partial charge in [-0.2, -0.15) is 0 Å². The van der Waals surface area contributed by atoms with Crippen molar-refractivity contribution in [2.24, 2.45) is 15.4 Å². The summed E-state index contributed by atoms with van der Waals surface area (Å²) in [5.41, 5.74) is 6.11. The molecular formula is C52H92CoN3O5-. The van der Waals surface area contributed by atoms with Crippen molar-refractivity contribution in [3.05, 3.63) is 72.5 Å². The van der Waals surface area contributed by atoms with Crippen LogP contribution in [0.1, 0.15) is 192 Å². The van der Waals surface area contributed by atoms with E-state index in [2.05, 4.69) is 79.7 Å². The van der Waals surface area contributed by atoms with Crippen LogP contribution in [0.4, 0.5) is 4.79 Å². The zero-order chi connectivity index (χ0) is 42.3. The molecule has 0 bridgehead atoms. The number of benzene rings is 2. The van der Waals surface area contributed by atoms with Crippen LogP contribution in [0.15, 0.2) is 34.3 Å². The number of carbonyl (C=O) groups is 1. The van der Waals surface area contributed by atoms with Crippen molar-refractivity contribution in [3.8, 4) is 11.5 Å². The van der Waals surface area contributed by atoms with Crippen molar-refractivity contribution in [3.63, 3.8) is 0 Å². The second kappa shape index (κ2) is 33.6. The molecule has 1 aliphatic carbocycles. The van der Waals surface area contributed by atoms with Crippen molar-refractivity contribution in [1.29, 1.82) is 0 Å². The summed E-state index contributed by atoms with van der Waals surface area (Å²) < 4.78 is 1.23. The molecule has 3 rings (SSSR count). The summed E-state index contributed by atoms with van der Waals surface area (Å²) in [4.78, 5) is 19.1. The van der Waals surface area contributed by atoms with E-state index in [-0.39, 0.29) is 56.6 Å². The zero-order valence-electron chi connectivity index (χ0n) is 39.8. The third kappa shape index (κ3) is 20.9. The quantitative estimate of drug-likeness (QED) is 0.0293. The first kappa shape index (κ1) is 62.4. The van der Waals surface area contributed by atoms with Crippen LogP contribution in [0.3, 0.4) is 0 Å². The van der Waals surface area contributed by atoms with Gasteiger partial charge in [-0.1, -0.05) is 125 Å². The Morgan fingerprint density at radius 2 is 0.918 bits per heavy atom. The van der Waals surface area contributed by atoms with E-state index in [4.69, 9.17) is 25.0 Å². The minimum Gasteiger partial charge on any atom is -0.507 e. The number of carboxylic acid groups (broad SMARTS) is 2. The first-order chi connectivity index (χ1) is 27.4. The van der Waals surface area contributed by atoms with E-state index in [0.29, 0.717) is 11.5 Å². The molecular weight excluding hydrogens is 806 g/mol. The van der Waals surface area contributed by atoms with E-state index < -0.39 is 6.16 Å². The normalized spacial score (nSPS) is 15.2. The molecule has 2 unspecified atom stereocenters. The van der Waals surface area contributed by atoms with Gasteiger partial charge in [0.1, 0.15) is 11.5 Å². The molecule has 1 aliphatic rings. The minimum absolute atomic E-state index is 0. The summed E-state index contributed by atoms with van der Waals surface area (Å²) in [5.74, 6) is 0.783. The van der Waals surface area contributed by atoms with Crippen molar-refractivity contribution >= 4 is 18.6 Å². The van der Waals surface area contributed by atoms with Crippen molar-refractivity contribution < 1.29 is 46.5 Å². The molecule has 0 aromatic heterocycles. The zero-order valence-corrected chi connectivity index (χ0v) is 40.8. The number of aromatic hydroxyl groups is 2. The molecule has 61 heavy (non-hydrogen) atoms. The topological polar surface area (TPSA) is 123 Å². The fourth-order valence-electron chi connectivity index (χ4n) is 8.82. The SMILES string of the molecule is C.CCCCCC1(CCCCC)C(N=Cc2cc(C)cc(CCCC)c2O)C1N=Cc1cc(C)cc(CCC[N+](CCCC)(CCCC)CCCC)c1O.O=C(O)O.[CH3-].[CH3-].[Co]. The van der Waals surface area contributed by atoms with Gasteiger partial charge >= 0.3 is 6.16 Å². The van der Waals surface area contributed by atoms with Gasteiger partial charge in [0.25, 0.3) is 0 Å². The maximum absolute atomic E-state index is 11.7. The molecule has 2 aromatic rings. The smallest absolute Gasteiger partial charge is 0.503 e. The third-order valence-electron chi connectivity index (χ3n) is 12.2. The number of phenols is 2. The molecule has 4 N–H and O–H groups in total. The summed E-state index contributed by atoms with van der Waals surface area (Å²) >= 11 is 0. The number of phenolic OH excluding ortho intramolecular Hbond substituents is 2. The van der Waals surface area contributed by atoms with E-state index in [1.54, 1.807) is 0 Å². The van der Waals surface area contributed by atoms with Gasteiger partial charge in [-0.05, 0) is 99.6 Å². The molecule has 0 aliphatic heterocycles. The largest absolute Gasteiger partial charge is 0.507 e. The van der Waals surface area contributed by atoms with Gasteiger partial charge < -0.3 is 39.8 Å². The molecule has 9 heteroatoms. The molecule has 0 heterocycles. The van der Waals surface area contributed by atoms with Crippen molar-refractivity contribution in [1.82, 2.24) is 0 Å². The van der Waals surface area contributed by atoms with Gasteiger partial charge in [-0.25, -0.2) is 4.79 Å². The molecule has 1 radical (unpaired) electrons. The summed E-state index contributed by atoms with van der Waals surface area (Å²) in [5, 5.41) is 36.9. The Morgan fingerprint density at radius 3 is 1.26 bits per heavy atom. The van der Waals surface area contributed by atoms with Crippen LogP contribution in [-0.4, -0.2) is 81.8 Å². The van der Waals surface area contributed by atoms with Gasteiger partial charge in [-0.15, -0.1) is 0 Å². The van der Waals surface area contributed by atoms with Gasteiger partial charge in [0.2, 0.25) is 0 Å². The van der Waals surface area contributed by atoms with Crippen LogP contribution in [-0.2, 0) is 29.6 Å². The Morgan fingerprint density at radius 1 is 0.590 bits per heavy atom. The van der Waals surface area contributed by atoms with Gasteiger partial charge in [0.05, 0.1) is 38.3 Å². The van der Waals surface area contributed by atoms with Crippen LogP contribution in [0, 0.1) is 34.1 Å². The maximum atomic E-state index is 11.7. The molecule has 0 spiro atoms. The average Bonchev–Trinajstić information content (AvgIpc) is 3.78. The maximum Gasteiger partial charge on any atom is 0.503 e. The number of quaternary nitrogens is 1. The number of rotatable bonds is 28. The number of nitrogens with zero attached hydrogens (tertiary/aromatic N) is 3. The number of hydrogen-bond donors (Lipinski definition) is 4. The van der Waals surface area contributed by atoms with E-state index in [0.717, 1.165) is 72.8 Å². The van der Waals surface area contributed by atoms with E-state index in [1.807, 2.05) is 12.4 Å². The van der Waals surface area contributed by atoms with Gasteiger partial charge in [0.15, 0.2) is 0 Å². The summed E-state index contributed by atoms with van der Waals surface area (Å²) in [6, 6.07) is 8.64. The van der Waals surface area contributed by atoms with E-state index >= 15 is 0 Å². The number of unbranched alkanes of at least 4 members (excludes halogenated alkanes) is 8. The Balaban J connectivity index is -0.00000402. The van der Waals surface area contributed by atoms with Gasteiger partial charge in [0, 0.05) is 52.2 Å². The molecule has 0 amide bonds. The molecule has 1 fully saturated rings. The monoisotopic (exact) mass is 898 g/mol. The summed E-state index contributed by atoms with van der Waals surface area (Å²) in [6.07, 6.45) is 24.2. The first-order valence-corrected chi connectivity index (χ1v) is 22.9. The molecule has 2 aromatic carbocycles. The average molecular weight is 898 g/mol. The molecule has 1 saturated carbocycles. The Kier molecular flexibility index (Phi) is 34.4. The molecule has 355 valence electrons. The van der Waals surface area contributed by atoms with Crippen LogP contribution < -0.4 is 0 Å². The standard InChI is InChI=1S/C48H79N3O2.CH2O3.CH4.2CH3.Co/c1-9-15-21-26-48(27-22-16-10-2)46(49-36-42-34-38(7)32-40(44(42)52)24-17-11-3)47(48)50-37-43-35-39(8)33-41(45(43)53)25-23-31-51(28-18-12-4,29-19-13-5)30-20-14-6;2-1(3)4;;;;/h32-37,46-47H,9-31H2,1-8H3,(H-,49,50,52,53);(H2,2,3,4);1H4;2*1H3;/q;;;2*-1;/p+1. The first-order valence-electron chi connectivity index (χ1n) is 22.9. The van der Waals surface area contributed by atoms with E-state index in [1.165, 1.54) is 113 Å². The molecule has 2 atom stereocenters. The predicted molar refractivity (Wildman–Crippen MR) is 261 cm³/mol. The predicted octanol–water partition coefficient (Wildman–Crippen LogP) is 14.4. The van der Waals surface area contributed by atoms with Crippen LogP contribution in [0.25, 0.3) is 0 Å². The van der Waals surface area contributed by atoms with Crippen LogP contribution in [0.5, 0.6) is 11.5 Å². The summed E-state index contributed by atoms with van der Waals surface area (Å²) in [7, 11) is 0. The fraction of sp³-hybridized carbons (Fsp3) is 0.673. The second-order valence-electron chi connectivity index (χ2n) is 17.1. The molecule has 0 saturated heterocycles. The van der Waals surface area contributed by atoms with Crippen molar-refractivity contribution in [2.45, 2.75) is 197 Å². The van der Waals surface area contributed by atoms with Gasteiger partial charge in [-0.3, -0.25) is 9.98 Å². The van der Waals surface area contributed by atoms with Crippen LogP contribution >= 0.6 is 0 Å². The second-order valence-corrected chi connectivity index (χ2v) is 17.1. The number of aliphatic imine (C=N–C) groups is 2. The minimum atomic E-state index is -1.83. The van der Waals surface area contributed by atoms with E-state index in [9.17, 15) is 10.2 Å². The third-order valence-corrected chi connectivity index (χ3v) is 12.2. The Hall–Kier alpha value is -2.88. The molecule has 8 nitrogen and oxygen atoms in total. The number of hydrogen-bond acceptors (Lipinski definition) is 5. The fourth-order valence-corrected chi connectivity index (χ4v) is 8.82. The number of aryl methyl sites for hydroxylation is 4. The van der Waals surface area contributed by atoms with Crippen molar-refractivity contribution in [2.75, 3.05) is 26.2 Å². The summed E-state index contributed by atoms with van der Waals surface area (Å²) in [6.45, 7) is 23.0. The Labute approximate surface area is 386 Å². The van der Waals surface area contributed by atoms with Crippen LogP contribution in [0.2, 0.25) is 0 Å².